The summed E-state index contributed by atoms with van der Waals surface area (Å²) in [4.78, 5) is 12.1. The van der Waals surface area contributed by atoms with Crippen molar-refractivity contribution < 1.29 is 14.6 Å². The van der Waals surface area contributed by atoms with E-state index in [2.05, 4.69) is 5.32 Å². The second-order valence-electron chi connectivity index (χ2n) is 4.63. The summed E-state index contributed by atoms with van der Waals surface area (Å²) in [6.07, 6.45) is 0. The molecule has 0 aliphatic carbocycles. The van der Waals surface area contributed by atoms with Crippen molar-refractivity contribution in [3.63, 3.8) is 0 Å². The number of methoxy groups -OCH3 is 1. The maximum Gasteiger partial charge on any atom is 0.251 e. The van der Waals surface area contributed by atoms with Gasteiger partial charge in [-0.25, -0.2) is 0 Å². The minimum Gasteiger partial charge on any atom is -0.506 e. The van der Waals surface area contributed by atoms with Gasteiger partial charge in [-0.1, -0.05) is 23.7 Å². The lowest BCUT2D eigenvalue weighted by Crippen LogP contribution is -2.26. The quantitative estimate of drug-likeness (QED) is 0.908. The Labute approximate surface area is 128 Å². The number of amides is 1. The number of hydrogen-bond donors (Lipinski definition) is 2. The van der Waals surface area contributed by atoms with Crippen molar-refractivity contribution in [1.29, 1.82) is 0 Å². The number of halogens is 1. The molecular formula is C16H16ClNO3. The van der Waals surface area contributed by atoms with Gasteiger partial charge in [0.2, 0.25) is 0 Å². The second kappa shape index (κ2) is 6.50. The molecule has 2 N–H and O–H groups in total. The lowest BCUT2D eigenvalue weighted by atomic mass is 10.1. The molecule has 2 rings (SSSR count). The van der Waals surface area contributed by atoms with E-state index in [0.29, 0.717) is 5.56 Å². The molecule has 0 aromatic heterocycles. The minimum absolute atomic E-state index is 0.0450. The van der Waals surface area contributed by atoms with Crippen LogP contribution in [0.4, 0.5) is 0 Å². The van der Waals surface area contributed by atoms with Crippen molar-refractivity contribution in [1.82, 2.24) is 5.32 Å². The Kier molecular flexibility index (Phi) is 4.70. The van der Waals surface area contributed by atoms with Gasteiger partial charge in [0.05, 0.1) is 18.2 Å². The highest BCUT2D eigenvalue weighted by Gasteiger charge is 2.12. The molecule has 1 amide bonds. The molecule has 0 aliphatic heterocycles. The number of hydrogen-bond acceptors (Lipinski definition) is 3. The molecule has 0 spiro atoms. The molecule has 21 heavy (non-hydrogen) atoms. The number of nitrogens with one attached hydrogen (secondary N) is 1. The molecule has 0 aliphatic rings. The standard InChI is InChI=1S/C16H16ClNO3/c1-10(11-3-6-13(21-2)7-4-11)18-16(20)12-5-8-15(19)14(17)9-12/h3-10,19H,1-2H3,(H,18,20)/t10-/m1/s1. The second-order valence-corrected chi connectivity index (χ2v) is 5.04. The van der Waals surface area contributed by atoms with E-state index in [1.807, 2.05) is 31.2 Å². The first-order valence-electron chi connectivity index (χ1n) is 6.44. The van der Waals surface area contributed by atoms with Crippen LogP contribution in [0.1, 0.15) is 28.9 Å². The van der Waals surface area contributed by atoms with Crippen molar-refractivity contribution in [2.75, 3.05) is 7.11 Å². The molecule has 2 aromatic carbocycles. The SMILES string of the molecule is COc1ccc([C@@H](C)NC(=O)c2ccc(O)c(Cl)c2)cc1. The van der Waals surface area contributed by atoms with E-state index in [9.17, 15) is 9.90 Å². The van der Waals surface area contributed by atoms with E-state index in [1.54, 1.807) is 7.11 Å². The predicted octanol–water partition coefficient (Wildman–Crippen LogP) is 3.55. The highest BCUT2D eigenvalue weighted by atomic mass is 35.5. The van der Waals surface area contributed by atoms with E-state index < -0.39 is 0 Å². The number of carbonyl (C=O) groups is 1. The fourth-order valence-corrected chi connectivity index (χ4v) is 2.08. The molecule has 0 saturated carbocycles. The Bertz CT molecular complexity index is 640. The van der Waals surface area contributed by atoms with Crippen molar-refractivity contribution in [3.05, 3.63) is 58.6 Å². The topological polar surface area (TPSA) is 58.6 Å². The zero-order chi connectivity index (χ0) is 15.4. The van der Waals surface area contributed by atoms with E-state index in [0.717, 1.165) is 11.3 Å². The van der Waals surface area contributed by atoms with E-state index in [4.69, 9.17) is 16.3 Å². The fourth-order valence-electron chi connectivity index (χ4n) is 1.90. The highest BCUT2D eigenvalue weighted by molar-refractivity contribution is 6.32. The Morgan fingerprint density at radius 1 is 1.24 bits per heavy atom. The van der Waals surface area contributed by atoms with Crippen LogP contribution in [-0.2, 0) is 0 Å². The van der Waals surface area contributed by atoms with Gasteiger partial charge in [0, 0.05) is 5.56 Å². The third kappa shape index (κ3) is 3.67. The number of phenols is 1. The van der Waals surface area contributed by atoms with Crippen LogP contribution in [-0.4, -0.2) is 18.1 Å². The third-order valence-electron chi connectivity index (χ3n) is 3.17. The molecule has 5 heteroatoms. The highest BCUT2D eigenvalue weighted by Crippen LogP contribution is 2.24. The maximum absolute atomic E-state index is 12.1. The predicted molar refractivity (Wildman–Crippen MR) is 82.0 cm³/mol. The number of aromatic hydroxyl groups is 1. The molecule has 0 fully saturated rings. The van der Waals surface area contributed by atoms with Gasteiger partial charge in [-0.15, -0.1) is 0 Å². The first-order chi connectivity index (χ1) is 10.0. The molecule has 110 valence electrons. The zero-order valence-corrected chi connectivity index (χ0v) is 12.5. The van der Waals surface area contributed by atoms with Crippen LogP contribution in [0.3, 0.4) is 0 Å². The normalized spacial score (nSPS) is 11.8. The summed E-state index contributed by atoms with van der Waals surface area (Å²) in [5.41, 5.74) is 1.37. The third-order valence-corrected chi connectivity index (χ3v) is 3.48. The summed E-state index contributed by atoms with van der Waals surface area (Å²) in [5, 5.41) is 12.4. The average Bonchev–Trinajstić information content (AvgIpc) is 2.50. The van der Waals surface area contributed by atoms with Gasteiger partial charge in [0.15, 0.2) is 0 Å². The maximum atomic E-state index is 12.1. The van der Waals surface area contributed by atoms with Gasteiger partial charge in [0.25, 0.3) is 5.91 Å². The first kappa shape index (κ1) is 15.2. The monoisotopic (exact) mass is 305 g/mol. The van der Waals surface area contributed by atoms with Gasteiger partial charge in [0.1, 0.15) is 11.5 Å². The van der Waals surface area contributed by atoms with Gasteiger partial charge in [-0.2, -0.15) is 0 Å². The smallest absolute Gasteiger partial charge is 0.251 e. The molecule has 1 atom stereocenters. The molecule has 0 unspecified atom stereocenters. The van der Waals surface area contributed by atoms with Crippen molar-refractivity contribution >= 4 is 17.5 Å². The summed E-state index contributed by atoms with van der Waals surface area (Å²) in [6.45, 7) is 1.89. The Morgan fingerprint density at radius 3 is 2.48 bits per heavy atom. The van der Waals surface area contributed by atoms with Crippen LogP contribution >= 0.6 is 11.6 Å². The number of rotatable bonds is 4. The van der Waals surface area contributed by atoms with Crippen molar-refractivity contribution in [2.45, 2.75) is 13.0 Å². The van der Waals surface area contributed by atoms with Crippen LogP contribution < -0.4 is 10.1 Å². The van der Waals surface area contributed by atoms with Crippen LogP contribution in [0.25, 0.3) is 0 Å². The van der Waals surface area contributed by atoms with Gasteiger partial charge < -0.3 is 15.2 Å². The first-order valence-corrected chi connectivity index (χ1v) is 6.82. The minimum atomic E-state index is -0.250. The molecule has 0 saturated heterocycles. The number of carbonyl (C=O) groups excluding carboxylic acids is 1. The summed E-state index contributed by atoms with van der Waals surface area (Å²) >= 11 is 5.80. The summed E-state index contributed by atoms with van der Waals surface area (Å²) < 4.78 is 5.10. The molecule has 0 heterocycles. The van der Waals surface area contributed by atoms with Crippen molar-refractivity contribution in [3.8, 4) is 11.5 Å². The zero-order valence-electron chi connectivity index (χ0n) is 11.8. The van der Waals surface area contributed by atoms with E-state index in [1.165, 1.54) is 18.2 Å². The number of phenolic OH excluding ortho intramolecular Hbond substituents is 1. The number of benzene rings is 2. The van der Waals surface area contributed by atoms with Crippen LogP contribution in [0, 0.1) is 0 Å². The summed E-state index contributed by atoms with van der Waals surface area (Å²) in [6, 6.07) is 11.7. The van der Waals surface area contributed by atoms with Gasteiger partial charge >= 0.3 is 0 Å². The van der Waals surface area contributed by atoms with Crippen LogP contribution in [0.15, 0.2) is 42.5 Å². The number of ether oxygens (including phenoxy) is 1. The lowest BCUT2D eigenvalue weighted by Gasteiger charge is -2.15. The fraction of sp³-hybridized carbons (Fsp3) is 0.188. The van der Waals surface area contributed by atoms with Crippen LogP contribution in [0.5, 0.6) is 11.5 Å². The summed E-state index contributed by atoms with van der Waals surface area (Å²) in [5.74, 6) is 0.472. The van der Waals surface area contributed by atoms with Gasteiger partial charge in [-0.05, 0) is 42.8 Å². The van der Waals surface area contributed by atoms with Crippen molar-refractivity contribution in [2.24, 2.45) is 0 Å². The molecule has 2 aromatic rings. The average molecular weight is 306 g/mol. The van der Waals surface area contributed by atoms with E-state index in [-0.39, 0.29) is 22.7 Å². The molecule has 0 radical (unpaired) electrons. The summed E-state index contributed by atoms with van der Waals surface area (Å²) in [7, 11) is 1.61. The molecule has 0 bridgehead atoms. The molecular weight excluding hydrogens is 290 g/mol. The van der Waals surface area contributed by atoms with Crippen LogP contribution in [0.2, 0.25) is 5.02 Å². The Balaban J connectivity index is 2.08. The lowest BCUT2D eigenvalue weighted by molar-refractivity contribution is 0.0940. The Hall–Kier alpha value is -2.20. The van der Waals surface area contributed by atoms with E-state index >= 15 is 0 Å². The Morgan fingerprint density at radius 2 is 1.90 bits per heavy atom. The molecule has 4 nitrogen and oxygen atoms in total. The largest absolute Gasteiger partial charge is 0.506 e. The van der Waals surface area contributed by atoms with Gasteiger partial charge in [-0.3, -0.25) is 4.79 Å².